The fourth-order valence-electron chi connectivity index (χ4n) is 4.14. The first-order valence-electron chi connectivity index (χ1n) is 8.89. The van der Waals surface area contributed by atoms with Crippen molar-refractivity contribution in [1.82, 2.24) is 10.2 Å². The molecule has 0 aromatic rings. The number of rotatable bonds is 8. The largest absolute Gasteiger partial charge is 0.477 e. The third-order valence-electron chi connectivity index (χ3n) is 5.33. The third kappa shape index (κ3) is 3.37. The van der Waals surface area contributed by atoms with Gasteiger partial charge in [0.1, 0.15) is 12.4 Å². The molecule has 0 aliphatic carbocycles. The number of hydrogen-bond acceptors (Lipinski definition) is 6. The lowest BCUT2D eigenvalue weighted by Crippen LogP contribution is -2.63. The van der Waals surface area contributed by atoms with Crippen LogP contribution in [-0.4, -0.2) is 76.9 Å². The monoisotopic (exact) mass is 388 g/mol. The zero-order chi connectivity index (χ0) is 19.0. The molecule has 0 radical (unpaired) electrons. The van der Waals surface area contributed by atoms with E-state index >= 15 is 0 Å². The summed E-state index contributed by atoms with van der Waals surface area (Å²) in [5.74, 6) is -2.08. The van der Waals surface area contributed by atoms with Gasteiger partial charge in [-0.3, -0.25) is 4.79 Å². The van der Waals surface area contributed by atoms with Gasteiger partial charge in [-0.2, -0.15) is 0 Å². The SMILES string of the molecule is C[C@@H](O)[C@H]1C(=O)N2C(C(=O)O)=C(S[C@@H]3CN[C@H](COCCF)C3)[C@H](C)[C@H]12. The number of alkyl halides is 1. The number of β-lactam (4-membered cyclic amide) rings is 1. The van der Waals surface area contributed by atoms with Crippen LogP contribution < -0.4 is 5.32 Å². The van der Waals surface area contributed by atoms with Crippen LogP contribution in [0.3, 0.4) is 0 Å². The molecule has 6 atom stereocenters. The minimum atomic E-state index is -1.10. The summed E-state index contributed by atoms with van der Waals surface area (Å²) in [5, 5.41) is 23.0. The van der Waals surface area contributed by atoms with Crippen molar-refractivity contribution in [3.63, 3.8) is 0 Å². The number of halogens is 1. The van der Waals surface area contributed by atoms with Crippen molar-refractivity contribution >= 4 is 23.6 Å². The van der Waals surface area contributed by atoms with Gasteiger partial charge in [-0.1, -0.05) is 6.92 Å². The highest BCUT2D eigenvalue weighted by Gasteiger charge is 2.60. The molecule has 7 nitrogen and oxygen atoms in total. The van der Waals surface area contributed by atoms with E-state index in [0.29, 0.717) is 18.1 Å². The average Bonchev–Trinajstić information content (AvgIpc) is 3.10. The summed E-state index contributed by atoms with van der Waals surface area (Å²) in [5.41, 5.74) is 0.0616. The Bertz CT molecular complexity index is 614. The van der Waals surface area contributed by atoms with E-state index in [1.54, 1.807) is 6.92 Å². The Morgan fingerprint density at radius 2 is 2.27 bits per heavy atom. The summed E-state index contributed by atoms with van der Waals surface area (Å²) < 4.78 is 17.3. The number of thioether (sulfide) groups is 1. The smallest absolute Gasteiger partial charge is 0.353 e. The summed E-state index contributed by atoms with van der Waals surface area (Å²) >= 11 is 1.50. The van der Waals surface area contributed by atoms with Gasteiger partial charge in [0.2, 0.25) is 5.91 Å². The molecular weight excluding hydrogens is 363 g/mol. The van der Waals surface area contributed by atoms with Crippen molar-refractivity contribution in [2.24, 2.45) is 11.8 Å². The highest BCUT2D eigenvalue weighted by atomic mass is 32.2. The summed E-state index contributed by atoms with van der Waals surface area (Å²) in [4.78, 5) is 26.2. The molecule has 3 rings (SSSR count). The van der Waals surface area contributed by atoms with Crippen LogP contribution in [0.25, 0.3) is 0 Å². The van der Waals surface area contributed by atoms with Gasteiger partial charge in [-0.25, -0.2) is 9.18 Å². The minimum Gasteiger partial charge on any atom is -0.477 e. The summed E-state index contributed by atoms with van der Waals surface area (Å²) in [7, 11) is 0. The topological polar surface area (TPSA) is 99.1 Å². The predicted octanol–water partition coefficient (Wildman–Crippen LogP) is 0.590. The quantitative estimate of drug-likeness (QED) is 0.413. The lowest BCUT2D eigenvalue weighted by Gasteiger charge is -2.46. The van der Waals surface area contributed by atoms with Gasteiger partial charge < -0.3 is 25.2 Å². The van der Waals surface area contributed by atoms with Gasteiger partial charge in [0.05, 0.1) is 31.3 Å². The number of carbonyl (C=O) groups excluding carboxylic acids is 1. The molecule has 0 bridgehead atoms. The third-order valence-corrected chi connectivity index (χ3v) is 6.84. The maximum Gasteiger partial charge on any atom is 0.353 e. The summed E-state index contributed by atoms with van der Waals surface area (Å²) in [6.07, 6.45) is -0.00538. The van der Waals surface area contributed by atoms with Gasteiger partial charge in [-0.15, -0.1) is 11.8 Å². The Kier molecular flexibility index (Phi) is 5.91. The second kappa shape index (κ2) is 7.84. The Morgan fingerprint density at radius 1 is 1.54 bits per heavy atom. The molecule has 1 amide bonds. The molecule has 9 heteroatoms. The highest BCUT2D eigenvalue weighted by Crippen LogP contribution is 2.51. The van der Waals surface area contributed by atoms with E-state index in [1.807, 2.05) is 6.92 Å². The Hall–Kier alpha value is -1.16. The van der Waals surface area contributed by atoms with Gasteiger partial charge in [0.25, 0.3) is 0 Å². The van der Waals surface area contributed by atoms with Crippen LogP contribution in [-0.2, 0) is 14.3 Å². The lowest BCUT2D eigenvalue weighted by molar-refractivity contribution is -0.163. The number of nitrogens with zero attached hydrogens (tertiary/aromatic N) is 1. The lowest BCUT2D eigenvalue weighted by atomic mass is 9.79. The number of carboxylic acids is 1. The van der Waals surface area contributed by atoms with Crippen molar-refractivity contribution in [3.8, 4) is 0 Å². The molecule has 0 unspecified atom stereocenters. The first-order valence-corrected chi connectivity index (χ1v) is 9.77. The molecule has 0 aromatic heterocycles. The molecule has 3 aliphatic heterocycles. The van der Waals surface area contributed by atoms with E-state index in [0.717, 1.165) is 6.42 Å². The van der Waals surface area contributed by atoms with Crippen LogP contribution in [0.15, 0.2) is 10.6 Å². The molecule has 0 saturated carbocycles. The second-order valence-corrected chi connectivity index (χ2v) is 8.46. The van der Waals surface area contributed by atoms with Gasteiger partial charge in [0, 0.05) is 28.7 Å². The zero-order valence-corrected chi connectivity index (χ0v) is 15.7. The number of aliphatic carboxylic acids is 1. The normalized spacial score (nSPS) is 34.8. The number of aliphatic hydroxyl groups excluding tert-OH is 1. The fourth-order valence-corrected chi connectivity index (χ4v) is 5.66. The van der Waals surface area contributed by atoms with Gasteiger partial charge in [-0.05, 0) is 13.3 Å². The standard InChI is InChI=1S/C17H25FN2O5S/c1-8-13-12(9(2)21)16(22)20(13)14(17(23)24)15(8)26-11-5-10(19-6-11)7-25-4-3-18/h8-13,19,21H,3-7H2,1-2H3,(H,23,24)/t8-,9-,10+,11+,12-,13-/m1/s1. The summed E-state index contributed by atoms with van der Waals surface area (Å²) in [6, 6.07) is -0.164. The number of aliphatic hydroxyl groups is 1. The average molecular weight is 388 g/mol. The molecular formula is C17H25FN2O5S. The Labute approximate surface area is 155 Å². The van der Waals surface area contributed by atoms with E-state index < -0.39 is 24.7 Å². The molecule has 0 spiro atoms. The molecule has 26 heavy (non-hydrogen) atoms. The fraction of sp³-hybridized carbons (Fsp3) is 0.765. The van der Waals surface area contributed by atoms with Crippen molar-refractivity contribution in [2.45, 2.75) is 43.7 Å². The number of amides is 1. The van der Waals surface area contributed by atoms with Gasteiger partial charge in [0.15, 0.2) is 0 Å². The van der Waals surface area contributed by atoms with E-state index in [9.17, 15) is 24.2 Å². The Balaban J connectivity index is 1.69. The molecule has 2 fully saturated rings. The highest BCUT2D eigenvalue weighted by molar-refractivity contribution is 8.03. The number of carboxylic acid groups (broad SMARTS) is 1. The van der Waals surface area contributed by atoms with Crippen LogP contribution in [0.1, 0.15) is 20.3 Å². The van der Waals surface area contributed by atoms with Crippen LogP contribution >= 0.6 is 11.8 Å². The predicted molar refractivity (Wildman–Crippen MR) is 94.2 cm³/mol. The van der Waals surface area contributed by atoms with Crippen LogP contribution in [0.5, 0.6) is 0 Å². The van der Waals surface area contributed by atoms with E-state index in [2.05, 4.69) is 5.32 Å². The molecule has 0 aromatic carbocycles. The van der Waals surface area contributed by atoms with Crippen molar-refractivity contribution in [2.75, 3.05) is 26.4 Å². The van der Waals surface area contributed by atoms with Crippen LogP contribution in [0, 0.1) is 11.8 Å². The maximum atomic E-state index is 12.3. The number of carbonyl (C=O) groups is 2. The zero-order valence-electron chi connectivity index (χ0n) is 14.9. The summed E-state index contributed by atoms with van der Waals surface area (Å²) in [6.45, 7) is 4.20. The number of hydrogen-bond donors (Lipinski definition) is 3. The molecule has 3 N–H and O–H groups in total. The first kappa shape index (κ1) is 19.6. The van der Waals surface area contributed by atoms with Crippen LogP contribution in [0.4, 0.5) is 4.39 Å². The van der Waals surface area contributed by atoms with Crippen molar-refractivity contribution in [3.05, 3.63) is 10.6 Å². The Morgan fingerprint density at radius 3 is 2.88 bits per heavy atom. The van der Waals surface area contributed by atoms with E-state index in [1.165, 1.54) is 16.7 Å². The minimum absolute atomic E-state index is 0.0616. The number of nitrogens with one attached hydrogen (secondary N) is 1. The van der Waals surface area contributed by atoms with Crippen LogP contribution in [0.2, 0.25) is 0 Å². The van der Waals surface area contributed by atoms with Gasteiger partial charge >= 0.3 is 5.97 Å². The number of ether oxygens (including phenoxy) is 1. The molecule has 3 aliphatic rings. The van der Waals surface area contributed by atoms with E-state index in [4.69, 9.17) is 4.74 Å². The van der Waals surface area contributed by atoms with Crippen molar-refractivity contribution in [1.29, 1.82) is 0 Å². The van der Waals surface area contributed by atoms with E-state index in [-0.39, 0.29) is 41.5 Å². The second-order valence-electron chi connectivity index (χ2n) is 7.12. The van der Waals surface area contributed by atoms with Crippen molar-refractivity contribution < 1.29 is 28.9 Å². The number of fused-ring (bicyclic) bond motifs is 1. The maximum absolute atomic E-state index is 12.3. The molecule has 146 valence electrons. The molecule has 2 saturated heterocycles. The first-order chi connectivity index (χ1) is 12.4. The molecule has 3 heterocycles.